The van der Waals surface area contributed by atoms with Gasteiger partial charge in [0.05, 0.1) is 27.8 Å². The Balaban J connectivity index is 1.24. The van der Waals surface area contributed by atoms with Crippen LogP contribution in [0.25, 0.3) is 51.7 Å². The first-order valence-electron chi connectivity index (χ1n) is 16.1. The predicted octanol–water partition coefficient (Wildman–Crippen LogP) is 8.32. The minimum absolute atomic E-state index is 0.159. The van der Waals surface area contributed by atoms with E-state index in [-0.39, 0.29) is 5.92 Å². The molecule has 3 aliphatic rings. The maximum atomic E-state index is 5.43. The molecule has 46 heavy (non-hydrogen) atoms. The summed E-state index contributed by atoms with van der Waals surface area (Å²) in [6.45, 7) is 0. The zero-order valence-corrected chi connectivity index (χ0v) is 25.2. The largest absolute Gasteiger partial charge is 0.310 e. The predicted molar refractivity (Wildman–Crippen MR) is 189 cm³/mol. The maximum absolute atomic E-state index is 5.43. The number of pyridine rings is 1. The van der Waals surface area contributed by atoms with Crippen molar-refractivity contribution in [2.75, 3.05) is 4.90 Å². The van der Waals surface area contributed by atoms with Gasteiger partial charge < -0.3 is 4.90 Å². The second-order valence-corrected chi connectivity index (χ2v) is 12.3. The number of benzene rings is 4. The number of para-hydroxylation sites is 4. The number of aryl methyl sites for hydroxylation is 1. The number of hydrogen-bond acceptors (Lipinski definition) is 2. The van der Waals surface area contributed by atoms with Gasteiger partial charge in [0.1, 0.15) is 11.6 Å². The lowest BCUT2D eigenvalue weighted by molar-refractivity contribution is 0.929. The zero-order valence-electron chi connectivity index (χ0n) is 25.2. The highest BCUT2D eigenvalue weighted by Crippen LogP contribution is 2.43. The fraction of sp³-hybridized carbons (Fsp3) is 0.0714. The first kappa shape index (κ1) is 25.5. The highest BCUT2D eigenvalue weighted by Gasteiger charge is 2.28. The van der Waals surface area contributed by atoms with Gasteiger partial charge in [0, 0.05) is 33.3 Å². The molecule has 4 nitrogen and oxygen atoms in total. The van der Waals surface area contributed by atoms with E-state index in [1.807, 2.05) is 0 Å². The van der Waals surface area contributed by atoms with Crippen LogP contribution in [0, 0.1) is 0 Å². The highest BCUT2D eigenvalue weighted by atomic mass is 15.2. The van der Waals surface area contributed by atoms with Crippen molar-refractivity contribution in [2.24, 2.45) is 0 Å². The number of hydrogen-bond donors (Lipinski definition) is 0. The third-order valence-corrected chi connectivity index (χ3v) is 9.78. The molecule has 0 fully saturated rings. The molecule has 0 saturated heterocycles. The van der Waals surface area contributed by atoms with E-state index in [4.69, 9.17) is 4.98 Å². The molecule has 1 unspecified atom stereocenters. The summed E-state index contributed by atoms with van der Waals surface area (Å²) < 4.78 is 4.70. The van der Waals surface area contributed by atoms with E-state index in [1.54, 1.807) is 0 Å². The summed E-state index contributed by atoms with van der Waals surface area (Å²) in [5.41, 5.74) is 9.86. The van der Waals surface area contributed by atoms with Crippen LogP contribution in [0.5, 0.6) is 0 Å². The van der Waals surface area contributed by atoms with Crippen LogP contribution in [-0.4, -0.2) is 14.1 Å². The molecule has 4 heteroatoms. The average Bonchev–Trinajstić information content (AvgIpc) is 3.55. The average molecular weight is 591 g/mol. The van der Waals surface area contributed by atoms with Crippen molar-refractivity contribution in [1.29, 1.82) is 0 Å². The standard InChI is InChI=1S/C42H30N4/c1-2-13-29(14-3-1)44-30-25-28(31-15-4-8-19-36(31)44)26-35-34-18-7-11-22-39(34)46(40(35)27-30)42-24-12-23-41(43-42)45-37-20-9-5-16-32(37)33-17-6-10-21-38(33)45/h1-5,7-16,18-28H,6,17H2. The topological polar surface area (TPSA) is 26.0 Å². The molecule has 2 bridgehead atoms. The van der Waals surface area contributed by atoms with Crippen molar-refractivity contribution < 1.29 is 0 Å². The van der Waals surface area contributed by atoms with Crippen LogP contribution < -0.4 is 15.5 Å². The van der Waals surface area contributed by atoms with E-state index in [0.717, 1.165) is 41.0 Å². The molecular formula is C42H30N4. The van der Waals surface area contributed by atoms with E-state index in [9.17, 15) is 0 Å². The molecule has 0 amide bonds. The number of nitrogens with zero attached hydrogens (tertiary/aromatic N) is 4. The summed E-state index contributed by atoms with van der Waals surface area (Å²) in [4.78, 5) is 7.83. The van der Waals surface area contributed by atoms with Gasteiger partial charge >= 0.3 is 0 Å². The van der Waals surface area contributed by atoms with Gasteiger partial charge in [0.2, 0.25) is 0 Å². The van der Waals surface area contributed by atoms with Crippen molar-refractivity contribution in [3.05, 3.63) is 167 Å². The van der Waals surface area contributed by atoms with Crippen LogP contribution in [0.2, 0.25) is 0 Å². The van der Waals surface area contributed by atoms with Gasteiger partial charge in [-0.1, -0.05) is 91.0 Å². The molecule has 3 aromatic heterocycles. The first-order valence-corrected chi connectivity index (χ1v) is 16.1. The lowest BCUT2D eigenvalue weighted by atomic mass is 9.91. The molecule has 218 valence electrons. The van der Waals surface area contributed by atoms with Crippen molar-refractivity contribution in [3.8, 4) is 11.6 Å². The number of aromatic nitrogens is 3. The Kier molecular flexibility index (Phi) is 5.43. The third kappa shape index (κ3) is 3.64. The van der Waals surface area contributed by atoms with Gasteiger partial charge in [-0.3, -0.25) is 9.13 Å². The van der Waals surface area contributed by atoms with Crippen LogP contribution in [0.3, 0.4) is 0 Å². The molecular weight excluding hydrogens is 560 g/mol. The Hall–Kier alpha value is -5.87. The van der Waals surface area contributed by atoms with E-state index in [0.29, 0.717) is 0 Å². The van der Waals surface area contributed by atoms with Gasteiger partial charge in [-0.05, 0) is 84.7 Å². The lowest BCUT2D eigenvalue weighted by Crippen LogP contribution is -2.30. The van der Waals surface area contributed by atoms with Gasteiger partial charge in [0.15, 0.2) is 0 Å². The molecule has 4 aromatic carbocycles. The normalized spacial score (nSPS) is 16.2. The molecule has 0 radical (unpaired) electrons. The molecule has 0 spiro atoms. The van der Waals surface area contributed by atoms with Crippen molar-refractivity contribution >= 4 is 51.4 Å². The molecule has 10 rings (SSSR count). The van der Waals surface area contributed by atoms with E-state index >= 15 is 0 Å². The maximum Gasteiger partial charge on any atom is 0.140 e. The van der Waals surface area contributed by atoms with E-state index in [2.05, 4.69) is 166 Å². The molecule has 0 N–H and O–H groups in total. The van der Waals surface area contributed by atoms with Crippen LogP contribution in [0.15, 0.2) is 139 Å². The molecule has 2 aliphatic carbocycles. The highest BCUT2D eigenvalue weighted by molar-refractivity contribution is 5.91. The van der Waals surface area contributed by atoms with Crippen molar-refractivity contribution in [3.63, 3.8) is 0 Å². The van der Waals surface area contributed by atoms with Crippen molar-refractivity contribution in [2.45, 2.75) is 18.8 Å². The molecule has 0 saturated carbocycles. The third-order valence-electron chi connectivity index (χ3n) is 9.78. The van der Waals surface area contributed by atoms with Gasteiger partial charge in [-0.2, -0.15) is 0 Å². The first-order chi connectivity index (χ1) is 22.8. The number of fused-ring (bicyclic) bond motifs is 9. The Bertz CT molecular complexity index is 2540. The van der Waals surface area contributed by atoms with Gasteiger partial charge in [0.25, 0.3) is 0 Å². The minimum atomic E-state index is 0.159. The molecule has 4 heterocycles. The fourth-order valence-corrected chi connectivity index (χ4v) is 7.84. The summed E-state index contributed by atoms with van der Waals surface area (Å²) in [6, 6.07) is 43.4. The second kappa shape index (κ2) is 9.82. The van der Waals surface area contributed by atoms with E-state index in [1.165, 1.54) is 49.7 Å². The molecule has 1 aliphatic heterocycles. The fourth-order valence-electron chi connectivity index (χ4n) is 7.84. The SMILES string of the molecule is C1=Cc2c(c3ccccc3n2-c2cccc(-n3c4c(c5ccccc53)=CC3C=C(C=4)N(c4ccccc4)c4ccccc43)n2)CC1. The van der Waals surface area contributed by atoms with E-state index < -0.39 is 0 Å². The molecule has 7 aromatic rings. The monoisotopic (exact) mass is 590 g/mol. The van der Waals surface area contributed by atoms with Crippen LogP contribution in [-0.2, 0) is 6.42 Å². The summed E-state index contributed by atoms with van der Waals surface area (Å²) in [5.74, 6) is 2.00. The Labute approximate surface area is 266 Å². The lowest BCUT2D eigenvalue weighted by Gasteiger charge is -2.33. The van der Waals surface area contributed by atoms with Crippen LogP contribution in [0.4, 0.5) is 11.4 Å². The second-order valence-electron chi connectivity index (χ2n) is 12.3. The van der Waals surface area contributed by atoms with Gasteiger partial charge in [-0.15, -0.1) is 0 Å². The smallest absolute Gasteiger partial charge is 0.140 e. The quantitative estimate of drug-likeness (QED) is 0.207. The number of allylic oxidation sites excluding steroid dienone is 3. The molecule has 1 atom stereocenters. The minimum Gasteiger partial charge on any atom is -0.310 e. The van der Waals surface area contributed by atoms with Gasteiger partial charge in [-0.25, -0.2) is 4.98 Å². The Morgan fingerprint density at radius 1 is 0.630 bits per heavy atom. The summed E-state index contributed by atoms with van der Waals surface area (Å²) in [6.07, 6.45) is 13.9. The zero-order chi connectivity index (χ0) is 30.2. The Morgan fingerprint density at radius 2 is 1.35 bits per heavy atom. The number of rotatable bonds is 3. The number of anilines is 2. The summed E-state index contributed by atoms with van der Waals surface area (Å²) in [5, 5.41) is 4.94. The van der Waals surface area contributed by atoms with Crippen LogP contribution in [0.1, 0.15) is 29.2 Å². The summed E-state index contributed by atoms with van der Waals surface area (Å²) in [7, 11) is 0. The Morgan fingerprint density at radius 3 is 2.22 bits per heavy atom. The van der Waals surface area contributed by atoms with Crippen LogP contribution >= 0.6 is 0 Å². The summed E-state index contributed by atoms with van der Waals surface area (Å²) >= 11 is 0. The van der Waals surface area contributed by atoms with Crippen molar-refractivity contribution in [1.82, 2.24) is 14.1 Å².